The number of carbonyl (C=O) groups excluding carboxylic acids is 3. The molecule has 0 radical (unpaired) electrons. The van der Waals surface area contributed by atoms with Gasteiger partial charge in [-0.25, -0.2) is 4.79 Å². The Labute approximate surface area is 314 Å². The van der Waals surface area contributed by atoms with Gasteiger partial charge in [0.1, 0.15) is 12.6 Å². The topological polar surface area (TPSA) is 96.5 Å². The molecule has 0 heterocycles. The summed E-state index contributed by atoms with van der Waals surface area (Å²) in [6.07, 6.45) is 34.0. The largest absolute Gasteiger partial charge is 0.445 e. The summed E-state index contributed by atoms with van der Waals surface area (Å²) < 4.78 is 5.29. The van der Waals surface area contributed by atoms with Crippen LogP contribution in [0.1, 0.15) is 206 Å². The average Bonchev–Trinajstić information content (AvgIpc) is 3.14. The molecule has 0 spiro atoms. The minimum atomic E-state index is -0.540. The number of alkyl carbamates (subject to hydrolysis) is 1. The minimum Gasteiger partial charge on any atom is -0.445 e. The van der Waals surface area contributed by atoms with Crippen molar-refractivity contribution in [2.75, 3.05) is 13.1 Å². The third-order valence-corrected chi connectivity index (χ3v) is 9.89. The van der Waals surface area contributed by atoms with Gasteiger partial charge in [0.05, 0.1) is 0 Å². The van der Waals surface area contributed by atoms with Crippen LogP contribution in [0.5, 0.6) is 0 Å². The van der Waals surface area contributed by atoms with E-state index >= 15 is 0 Å². The molecule has 3 N–H and O–H groups in total. The van der Waals surface area contributed by atoms with Crippen LogP contribution in [0.2, 0.25) is 0 Å². The molecule has 3 amide bonds. The Hall–Kier alpha value is -2.57. The molecular weight excluding hydrogens is 635 g/mol. The van der Waals surface area contributed by atoms with Crippen LogP contribution >= 0.6 is 0 Å². The van der Waals surface area contributed by atoms with Gasteiger partial charge in [-0.3, -0.25) is 9.59 Å². The molecule has 0 aromatic heterocycles. The number of nitrogens with one attached hydrogen (secondary N) is 3. The summed E-state index contributed by atoms with van der Waals surface area (Å²) in [6, 6.07) is 9.06. The lowest BCUT2D eigenvalue weighted by Gasteiger charge is -2.19. The Morgan fingerprint density at radius 2 is 0.961 bits per heavy atom. The lowest BCUT2D eigenvalue weighted by Crippen LogP contribution is -2.47. The number of ether oxygens (including phenoxy) is 1. The lowest BCUT2D eigenvalue weighted by atomic mass is 10.0. The van der Waals surface area contributed by atoms with Crippen LogP contribution in [0.3, 0.4) is 0 Å². The first-order valence-electron chi connectivity index (χ1n) is 21.6. The van der Waals surface area contributed by atoms with Crippen molar-refractivity contribution in [3.05, 3.63) is 35.9 Å². The number of hydrogen-bond donors (Lipinski definition) is 3. The molecule has 1 aromatic carbocycles. The zero-order valence-corrected chi connectivity index (χ0v) is 33.2. The second-order valence-electron chi connectivity index (χ2n) is 14.8. The van der Waals surface area contributed by atoms with E-state index in [0.29, 0.717) is 38.8 Å². The van der Waals surface area contributed by atoms with E-state index in [-0.39, 0.29) is 18.4 Å². The van der Waals surface area contributed by atoms with E-state index in [0.717, 1.165) is 31.2 Å². The highest BCUT2D eigenvalue weighted by Gasteiger charge is 2.20. The minimum absolute atomic E-state index is 0.0357. The fraction of sp³-hybridized carbons (Fsp3) is 0.795. The van der Waals surface area contributed by atoms with Crippen molar-refractivity contribution in [1.29, 1.82) is 0 Å². The van der Waals surface area contributed by atoms with Gasteiger partial charge in [-0.05, 0) is 37.7 Å². The average molecular weight is 714 g/mol. The summed E-state index contributed by atoms with van der Waals surface area (Å²) >= 11 is 0. The highest BCUT2D eigenvalue weighted by molar-refractivity contribution is 5.87. The van der Waals surface area contributed by atoms with Crippen molar-refractivity contribution >= 4 is 17.9 Å². The summed E-state index contributed by atoms with van der Waals surface area (Å²) in [5.41, 5.74) is 0.944. The maximum Gasteiger partial charge on any atom is 0.407 e. The summed E-state index contributed by atoms with van der Waals surface area (Å²) in [5, 5.41) is 8.91. The number of unbranched alkanes of at least 4 members (excludes halogenated alkanes) is 24. The molecule has 51 heavy (non-hydrogen) atoms. The quantitative estimate of drug-likeness (QED) is 0.0603. The van der Waals surface area contributed by atoms with Gasteiger partial charge in [0.2, 0.25) is 11.8 Å². The molecule has 0 aliphatic carbocycles. The molecule has 0 aliphatic heterocycles. The van der Waals surface area contributed by atoms with Crippen LogP contribution in [0.4, 0.5) is 4.79 Å². The summed E-state index contributed by atoms with van der Waals surface area (Å²) in [4.78, 5) is 38.1. The van der Waals surface area contributed by atoms with Crippen LogP contribution in [0, 0.1) is 0 Å². The van der Waals surface area contributed by atoms with E-state index in [2.05, 4.69) is 29.8 Å². The molecule has 0 aliphatic rings. The van der Waals surface area contributed by atoms with E-state index in [1.807, 2.05) is 30.3 Å². The Bertz CT molecular complexity index is 942. The van der Waals surface area contributed by atoms with Gasteiger partial charge < -0.3 is 20.7 Å². The second-order valence-corrected chi connectivity index (χ2v) is 14.8. The normalized spacial score (nSPS) is 11.6. The predicted octanol–water partition coefficient (Wildman–Crippen LogP) is 11.9. The lowest BCUT2D eigenvalue weighted by molar-refractivity contribution is -0.129. The number of hydrogen-bond acceptors (Lipinski definition) is 4. The van der Waals surface area contributed by atoms with Crippen molar-refractivity contribution in [2.45, 2.75) is 213 Å². The third-order valence-electron chi connectivity index (χ3n) is 9.89. The van der Waals surface area contributed by atoms with E-state index in [1.54, 1.807) is 0 Å². The molecule has 0 saturated heterocycles. The van der Waals surface area contributed by atoms with Gasteiger partial charge in [0, 0.05) is 19.5 Å². The first-order valence-corrected chi connectivity index (χ1v) is 21.6. The first-order chi connectivity index (χ1) is 25.1. The van der Waals surface area contributed by atoms with Crippen molar-refractivity contribution in [1.82, 2.24) is 16.0 Å². The SMILES string of the molecule is CCCCCCCCCCCCCCCCCC(=O)NC(CCCCNC(=O)OCc1ccccc1)C(=O)NCCCCCCCCCCCC. The smallest absolute Gasteiger partial charge is 0.407 e. The molecule has 0 saturated carbocycles. The van der Waals surface area contributed by atoms with Gasteiger partial charge >= 0.3 is 6.09 Å². The van der Waals surface area contributed by atoms with Crippen LogP contribution in [0.25, 0.3) is 0 Å². The fourth-order valence-corrected chi connectivity index (χ4v) is 6.58. The molecule has 0 fully saturated rings. The highest BCUT2D eigenvalue weighted by Crippen LogP contribution is 2.14. The Morgan fingerprint density at radius 3 is 1.47 bits per heavy atom. The van der Waals surface area contributed by atoms with Gasteiger partial charge in [0.25, 0.3) is 0 Å². The molecule has 7 heteroatoms. The standard InChI is InChI=1S/C44H79N3O4/c1-3-5-7-9-11-13-15-16-17-18-19-20-22-24-29-36-42(48)47-41(43(49)45-37-31-25-23-21-14-12-10-8-6-4-2)35-30-32-38-46-44(50)51-39-40-33-27-26-28-34-40/h26-28,33-34,41H,3-25,29-32,35-39H2,1-2H3,(H,45,49)(H,46,50)(H,47,48). The van der Waals surface area contributed by atoms with Crippen molar-refractivity contribution in [3.8, 4) is 0 Å². The van der Waals surface area contributed by atoms with Crippen molar-refractivity contribution in [2.24, 2.45) is 0 Å². The maximum absolute atomic E-state index is 13.1. The van der Waals surface area contributed by atoms with Crippen LogP contribution in [0.15, 0.2) is 30.3 Å². The van der Waals surface area contributed by atoms with Gasteiger partial charge in [-0.15, -0.1) is 0 Å². The van der Waals surface area contributed by atoms with E-state index in [1.165, 1.54) is 135 Å². The molecule has 7 nitrogen and oxygen atoms in total. The molecule has 1 rings (SSSR count). The summed E-state index contributed by atoms with van der Waals surface area (Å²) in [7, 11) is 0. The van der Waals surface area contributed by atoms with E-state index < -0.39 is 12.1 Å². The molecule has 1 unspecified atom stereocenters. The molecule has 294 valence electrons. The maximum atomic E-state index is 13.1. The van der Waals surface area contributed by atoms with E-state index in [9.17, 15) is 14.4 Å². The van der Waals surface area contributed by atoms with Crippen LogP contribution in [-0.4, -0.2) is 37.0 Å². The van der Waals surface area contributed by atoms with Gasteiger partial charge in [0.15, 0.2) is 0 Å². The third kappa shape index (κ3) is 30.7. The zero-order valence-electron chi connectivity index (χ0n) is 33.2. The zero-order chi connectivity index (χ0) is 36.9. The Kier molecular flexibility index (Phi) is 32.6. The van der Waals surface area contributed by atoms with Crippen LogP contribution in [-0.2, 0) is 20.9 Å². The van der Waals surface area contributed by atoms with Gasteiger partial charge in [-0.1, -0.05) is 192 Å². The van der Waals surface area contributed by atoms with E-state index in [4.69, 9.17) is 4.74 Å². The van der Waals surface area contributed by atoms with Crippen LogP contribution < -0.4 is 16.0 Å². The fourth-order valence-electron chi connectivity index (χ4n) is 6.58. The molecule has 0 bridgehead atoms. The summed E-state index contributed by atoms with van der Waals surface area (Å²) in [6.45, 7) is 5.88. The number of amides is 3. The molecule has 1 atom stereocenters. The number of rotatable bonds is 36. The highest BCUT2D eigenvalue weighted by atomic mass is 16.5. The van der Waals surface area contributed by atoms with Gasteiger partial charge in [-0.2, -0.15) is 0 Å². The Balaban J connectivity index is 2.26. The van der Waals surface area contributed by atoms with Crippen molar-refractivity contribution in [3.63, 3.8) is 0 Å². The first kappa shape index (κ1) is 46.5. The summed E-state index contributed by atoms with van der Waals surface area (Å²) in [5.74, 6) is -0.127. The molecule has 1 aromatic rings. The second kappa shape index (κ2) is 35.8. The Morgan fingerprint density at radius 1 is 0.529 bits per heavy atom. The predicted molar refractivity (Wildman–Crippen MR) is 215 cm³/mol. The number of carbonyl (C=O) groups is 3. The number of benzene rings is 1. The molecular formula is C44H79N3O4. The monoisotopic (exact) mass is 714 g/mol. The van der Waals surface area contributed by atoms with Crippen molar-refractivity contribution < 1.29 is 19.1 Å².